The van der Waals surface area contributed by atoms with Crippen LogP contribution in [0.3, 0.4) is 0 Å². The van der Waals surface area contributed by atoms with Gasteiger partial charge in [0.05, 0.1) is 5.92 Å². The molecule has 6 aromatic carbocycles. The largest absolute Gasteiger partial charge is 0.508 e. The van der Waals surface area contributed by atoms with E-state index in [1.165, 1.54) is 24.3 Å². The van der Waals surface area contributed by atoms with Crippen molar-refractivity contribution in [3.63, 3.8) is 0 Å². The molecule has 7 aromatic rings. The van der Waals surface area contributed by atoms with Crippen molar-refractivity contribution in [1.29, 1.82) is 0 Å². The van der Waals surface area contributed by atoms with Gasteiger partial charge in [-0.3, -0.25) is 0 Å². The number of hydrogen-bond donors (Lipinski definition) is 7. The molecule has 0 radical (unpaired) electrons. The van der Waals surface area contributed by atoms with E-state index in [9.17, 15) is 35.7 Å². The summed E-state index contributed by atoms with van der Waals surface area (Å²) in [6, 6.07) is 30.3. The van der Waals surface area contributed by atoms with E-state index in [-0.39, 0.29) is 40.2 Å². The topological polar surface area (TPSA) is 164 Å². The highest BCUT2D eigenvalue weighted by Crippen LogP contribution is 2.56. The van der Waals surface area contributed by atoms with Gasteiger partial charge in [-0.25, -0.2) is 0 Å². The zero-order chi connectivity index (χ0) is 35.4. The van der Waals surface area contributed by atoms with Gasteiger partial charge in [-0.15, -0.1) is 0 Å². The Morgan fingerprint density at radius 2 is 1.04 bits per heavy atom. The number of phenols is 7. The Hall–Kier alpha value is -7.00. The first-order valence-corrected chi connectivity index (χ1v) is 16.0. The molecule has 1 aliphatic rings. The van der Waals surface area contributed by atoms with E-state index < -0.39 is 12.0 Å². The van der Waals surface area contributed by atoms with Crippen LogP contribution in [0.25, 0.3) is 45.6 Å². The maximum atomic E-state index is 10.7. The van der Waals surface area contributed by atoms with Crippen molar-refractivity contribution in [3.8, 4) is 68.4 Å². The minimum absolute atomic E-state index is 0.0605. The fraction of sp³-hybridized carbons (Fsp3) is 0.0476. The first kappa shape index (κ1) is 31.3. The van der Waals surface area contributed by atoms with Crippen molar-refractivity contribution in [1.82, 2.24) is 0 Å². The maximum absolute atomic E-state index is 10.7. The summed E-state index contributed by atoms with van der Waals surface area (Å²) in [6.45, 7) is 0. The van der Waals surface area contributed by atoms with Gasteiger partial charge < -0.3 is 44.9 Å². The molecule has 2 atom stereocenters. The van der Waals surface area contributed by atoms with Crippen molar-refractivity contribution in [2.45, 2.75) is 12.0 Å². The van der Waals surface area contributed by atoms with Gasteiger partial charge in [-0.2, -0.15) is 0 Å². The fourth-order valence-electron chi connectivity index (χ4n) is 6.89. The number of hydrogen-bond acceptors (Lipinski definition) is 9. The standard InChI is InChI=1S/C42H30O9/c43-27-8-1-22(2-9-27)3-14-34-39-35(51-42(26-17-32(48)20-33(49)18-26)37(39)23-4-10-28(44)11-5-23)21-36-40(34)38(25-15-30(46)19-31(47)16-25)41(50-36)24-6-12-29(45)13-7-24/h1-21,38,41,43-49H/b14-3+/t38-,41+/m0/s1. The average Bonchev–Trinajstić information content (AvgIpc) is 3.66. The van der Waals surface area contributed by atoms with E-state index in [1.54, 1.807) is 91.0 Å². The van der Waals surface area contributed by atoms with Gasteiger partial charge in [0.25, 0.3) is 0 Å². The molecule has 2 heterocycles. The summed E-state index contributed by atoms with van der Waals surface area (Å²) in [7, 11) is 0. The van der Waals surface area contributed by atoms with Gasteiger partial charge in [0.2, 0.25) is 0 Å². The lowest BCUT2D eigenvalue weighted by Gasteiger charge is -2.21. The van der Waals surface area contributed by atoms with Gasteiger partial charge >= 0.3 is 0 Å². The predicted molar refractivity (Wildman–Crippen MR) is 192 cm³/mol. The summed E-state index contributed by atoms with van der Waals surface area (Å²) in [4.78, 5) is 0. The zero-order valence-electron chi connectivity index (χ0n) is 26.7. The Balaban J connectivity index is 1.48. The fourth-order valence-corrected chi connectivity index (χ4v) is 6.89. The van der Waals surface area contributed by atoms with Gasteiger partial charge in [0, 0.05) is 40.3 Å². The van der Waals surface area contributed by atoms with Crippen molar-refractivity contribution in [2.24, 2.45) is 0 Å². The predicted octanol–water partition coefficient (Wildman–Crippen LogP) is 9.14. The summed E-state index contributed by atoms with van der Waals surface area (Å²) >= 11 is 0. The minimum Gasteiger partial charge on any atom is -0.508 e. The Morgan fingerprint density at radius 1 is 0.490 bits per heavy atom. The minimum atomic E-state index is -0.659. The van der Waals surface area contributed by atoms with E-state index in [2.05, 4.69) is 0 Å². The van der Waals surface area contributed by atoms with Crippen LogP contribution in [0, 0.1) is 0 Å². The normalized spacial score (nSPS) is 15.3. The van der Waals surface area contributed by atoms with E-state index in [4.69, 9.17) is 9.15 Å². The number of rotatable bonds is 6. The number of aromatic hydroxyl groups is 7. The summed E-state index contributed by atoms with van der Waals surface area (Å²) in [5.41, 5.74) is 5.57. The molecule has 1 aliphatic heterocycles. The quantitative estimate of drug-likeness (QED) is 0.0850. The molecule has 0 aliphatic carbocycles. The molecule has 51 heavy (non-hydrogen) atoms. The van der Waals surface area contributed by atoms with Crippen molar-refractivity contribution in [3.05, 3.63) is 143 Å². The third-order valence-corrected chi connectivity index (χ3v) is 9.05. The van der Waals surface area contributed by atoms with E-state index in [1.807, 2.05) is 12.2 Å². The van der Waals surface area contributed by atoms with Gasteiger partial charge in [-0.05, 0) is 88.5 Å². The van der Waals surface area contributed by atoms with Crippen LogP contribution in [-0.4, -0.2) is 35.7 Å². The van der Waals surface area contributed by atoms with Gasteiger partial charge in [0.15, 0.2) is 0 Å². The summed E-state index contributed by atoms with van der Waals surface area (Å²) in [6.07, 6.45) is 3.13. The Kier molecular flexibility index (Phi) is 7.45. The van der Waals surface area contributed by atoms with Crippen LogP contribution in [0.15, 0.2) is 120 Å². The van der Waals surface area contributed by atoms with Gasteiger partial charge in [0.1, 0.15) is 63.4 Å². The SMILES string of the molecule is Oc1ccc(/C=C/c2c3c(cc4oc(-c5cc(O)cc(O)c5)c(-c5ccc(O)cc5)c24)O[C@H](c2ccc(O)cc2)[C@H]3c2cc(O)cc(O)c2)cc1. The smallest absolute Gasteiger partial charge is 0.143 e. The maximum Gasteiger partial charge on any atom is 0.143 e. The highest BCUT2D eigenvalue weighted by Gasteiger charge is 2.41. The molecule has 9 heteroatoms. The van der Waals surface area contributed by atoms with Crippen molar-refractivity contribution >= 4 is 23.1 Å². The van der Waals surface area contributed by atoms with Crippen LogP contribution in [0.2, 0.25) is 0 Å². The molecule has 0 amide bonds. The van der Waals surface area contributed by atoms with Crippen LogP contribution >= 0.6 is 0 Å². The summed E-state index contributed by atoms with van der Waals surface area (Å²) in [5.74, 6) is -0.128. The second kappa shape index (κ2) is 12.2. The first-order valence-electron chi connectivity index (χ1n) is 16.0. The first-order chi connectivity index (χ1) is 24.6. The van der Waals surface area contributed by atoms with Crippen LogP contribution in [0.5, 0.6) is 46.0 Å². The second-order valence-electron chi connectivity index (χ2n) is 12.5. The van der Waals surface area contributed by atoms with Crippen LogP contribution < -0.4 is 4.74 Å². The van der Waals surface area contributed by atoms with E-state index in [0.29, 0.717) is 55.9 Å². The molecule has 9 nitrogen and oxygen atoms in total. The van der Waals surface area contributed by atoms with E-state index in [0.717, 1.165) is 11.1 Å². The highest BCUT2D eigenvalue weighted by atomic mass is 16.5. The lowest BCUT2D eigenvalue weighted by Crippen LogP contribution is -2.12. The number of fused-ring (bicyclic) bond motifs is 2. The summed E-state index contributed by atoms with van der Waals surface area (Å²) in [5, 5.41) is 73.1. The molecule has 0 saturated heterocycles. The molecule has 0 spiro atoms. The molecule has 7 N–H and O–H groups in total. The lowest BCUT2D eigenvalue weighted by molar-refractivity contribution is 0.222. The molecular weight excluding hydrogens is 648 g/mol. The molecule has 8 rings (SSSR count). The van der Waals surface area contributed by atoms with Crippen LogP contribution in [0.1, 0.15) is 39.8 Å². The third-order valence-electron chi connectivity index (χ3n) is 9.05. The second-order valence-corrected chi connectivity index (χ2v) is 12.5. The molecule has 252 valence electrons. The Labute approximate surface area is 291 Å². The highest BCUT2D eigenvalue weighted by molar-refractivity contribution is 6.08. The lowest BCUT2D eigenvalue weighted by atomic mass is 9.81. The number of benzene rings is 6. The van der Waals surface area contributed by atoms with Crippen LogP contribution in [-0.2, 0) is 0 Å². The third kappa shape index (κ3) is 5.76. The molecule has 0 bridgehead atoms. The van der Waals surface area contributed by atoms with Crippen molar-refractivity contribution in [2.75, 3.05) is 0 Å². The Morgan fingerprint density at radius 3 is 1.65 bits per heavy atom. The molecular formula is C42H30O9. The van der Waals surface area contributed by atoms with Crippen molar-refractivity contribution < 1.29 is 44.9 Å². The zero-order valence-corrected chi connectivity index (χ0v) is 26.7. The average molecular weight is 679 g/mol. The van der Waals surface area contributed by atoms with Gasteiger partial charge in [-0.1, -0.05) is 48.6 Å². The molecule has 0 fully saturated rings. The number of ether oxygens (including phenoxy) is 1. The number of furan rings is 1. The molecule has 0 saturated carbocycles. The molecule has 1 aromatic heterocycles. The summed E-state index contributed by atoms with van der Waals surface area (Å²) < 4.78 is 13.3. The Bertz CT molecular complexity index is 2420. The molecule has 0 unspecified atom stereocenters. The van der Waals surface area contributed by atoms with E-state index >= 15 is 0 Å². The monoisotopic (exact) mass is 678 g/mol. The van der Waals surface area contributed by atoms with Crippen LogP contribution in [0.4, 0.5) is 0 Å². The number of phenolic OH excluding ortho intramolecular Hbond substituents is 7.